The molecule has 4 aromatic rings. The number of halogens is 3. The first-order chi connectivity index (χ1) is 22.8. The molecule has 226 valence electrons. The number of aromatic hydroxyl groups is 1. The number of anilines is 1. The Morgan fingerprint density at radius 3 is 2.91 bits per heavy atom. The van der Waals surface area contributed by atoms with E-state index in [9.17, 15) is 13.9 Å². The number of benzene rings is 2. The Hall–Kier alpha value is -4.14. The molecule has 5 saturated heterocycles. The van der Waals surface area contributed by atoms with Crippen LogP contribution >= 0.6 is 0 Å². The Morgan fingerprint density at radius 1 is 1.25 bits per heavy atom. The quantitative estimate of drug-likeness (QED) is 0.317. The van der Waals surface area contributed by atoms with Crippen LogP contribution in [0.2, 0.25) is 0 Å². The molecular weight excluding hydrogens is 569 g/mol. The number of fused-ring (bicyclic) bond motifs is 6. The molecule has 11 heteroatoms. The maximum Gasteiger partial charge on any atom is 0.319 e. The van der Waals surface area contributed by atoms with E-state index in [0.29, 0.717) is 18.5 Å². The second-order valence-electron chi connectivity index (χ2n) is 12.0. The van der Waals surface area contributed by atoms with Crippen molar-refractivity contribution in [2.75, 3.05) is 37.6 Å². The third kappa shape index (κ3) is 4.26. The zero-order valence-electron chi connectivity index (χ0n) is 27.6. The van der Waals surface area contributed by atoms with Gasteiger partial charge in [0.05, 0.1) is 19.2 Å². The summed E-state index contributed by atoms with van der Waals surface area (Å²) in [5.74, 6) is 0.705. The summed E-state index contributed by atoms with van der Waals surface area (Å²) in [6.07, 6.45) is 7.05. The number of piperazine rings is 1. The summed E-state index contributed by atoms with van der Waals surface area (Å²) in [5.41, 5.74) is -2.29. The van der Waals surface area contributed by atoms with Gasteiger partial charge in [0.2, 0.25) is 0 Å². The van der Waals surface area contributed by atoms with Gasteiger partial charge in [-0.1, -0.05) is 12.0 Å². The fourth-order valence-electron chi connectivity index (χ4n) is 7.25. The van der Waals surface area contributed by atoms with Gasteiger partial charge in [0.15, 0.2) is 5.82 Å². The summed E-state index contributed by atoms with van der Waals surface area (Å²) < 4.78 is 87.3. The number of hydrogen-bond donors (Lipinski definition) is 2. The number of aromatic nitrogens is 3. The zero-order chi connectivity index (χ0) is 33.7. The highest BCUT2D eigenvalue weighted by Crippen LogP contribution is 2.42. The number of nitrogens with one attached hydrogen (secondary N) is 1. The van der Waals surface area contributed by atoms with Crippen LogP contribution in [-0.2, 0) is 0 Å². The van der Waals surface area contributed by atoms with Gasteiger partial charge in [-0.25, -0.2) is 13.2 Å². The highest BCUT2D eigenvalue weighted by Gasteiger charge is 2.49. The standard InChI is InChI=1S/C33H31F3N6O2/c1-2-23-26(35)7-4-18-10-22(43)11-24(27(18)23)29-28(36)30-25(14-38-29)31(42-16-20-5-6-21(42)13-37-20)40-32(39-30)44-17-33-8-3-9-41(33)15-19(34)12-33/h1,4,7,10-11,14,19-21,37,43H,3,5-6,8-9,12-13,15-17H2/t19-,20?,21?,33+/m0/s1/i9D2,17D2. The van der Waals surface area contributed by atoms with E-state index in [1.165, 1.54) is 29.3 Å². The van der Waals surface area contributed by atoms with Gasteiger partial charge < -0.3 is 20.1 Å². The molecule has 0 spiro atoms. The molecule has 2 unspecified atom stereocenters. The molecule has 7 heterocycles. The van der Waals surface area contributed by atoms with Crippen molar-refractivity contribution in [3.05, 3.63) is 47.7 Å². The Labute approximate surface area is 257 Å². The lowest BCUT2D eigenvalue weighted by Crippen LogP contribution is -2.61. The Balaban J connectivity index is 1.32. The van der Waals surface area contributed by atoms with Crippen molar-refractivity contribution < 1.29 is 28.5 Å². The van der Waals surface area contributed by atoms with Gasteiger partial charge in [-0.15, -0.1) is 6.42 Å². The summed E-state index contributed by atoms with van der Waals surface area (Å²) >= 11 is 0. The molecule has 44 heavy (non-hydrogen) atoms. The van der Waals surface area contributed by atoms with E-state index >= 15 is 4.39 Å². The molecule has 2 bridgehead atoms. The van der Waals surface area contributed by atoms with Crippen LogP contribution in [0, 0.1) is 24.0 Å². The predicted octanol–water partition coefficient (Wildman–Crippen LogP) is 4.71. The fourth-order valence-corrected chi connectivity index (χ4v) is 7.25. The minimum Gasteiger partial charge on any atom is -0.508 e. The number of rotatable bonds is 5. The molecule has 0 aliphatic carbocycles. The van der Waals surface area contributed by atoms with Gasteiger partial charge in [0, 0.05) is 58.0 Å². The van der Waals surface area contributed by atoms with Gasteiger partial charge in [-0.2, -0.15) is 9.97 Å². The van der Waals surface area contributed by atoms with E-state index in [-0.39, 0.29) is 82.6 Å². The van der Waals surface area contributed by atoms with Gasteiger partial charge >= 0.3 is 6.01 Å². The van der Waals surface area contributed by atoms with Crippen molar-refractivity contribution >= 4 is 27.5 Å². The van der Waals surface area contributed by atoms with Crippen molar-refractivity contribution in [2.45, 2.75) is 55.9 Å². The van der Waals surface area contributed by atoms with Crippen molar-refractivity contribution in [1.82, 2.24) is 25.2 Å². The number of phenolic OH excluding ortho intramolecular Hbond substituents is 1. The van der Waals surface area contributed by atoms with E-state index in [0.717, 1.165) is 18.9 Å². The van der Waals surface area contributed by atoms with Crippen LogP contribution in [0.4, 0.5) is 19.0 Å². The fraction of sp³-hybridized carbons (Fsp3) is 0.424. The lowest BCUT2D eigenvalue weighted by atomic mass is 9.92. The smallest absolute Gasteiger partial charge is 0.319 e. The minimum absolute atomic E-state index is 0.00349. The van der Waals surface area contributed by atoms with Gasteiger partial charge in [0.25, 0.3) is 0 Å². The summed E-state index contributed by atoms with van der Waals surface area (Å²) in [6.45, 7) is -3.71. The molecular formula is C33H31F3N6O2. The van der Waals surface area contributed by atoms with Crippen LogP contribution in [0.3, 0.4) is 0 Å². The summed E-state index contributed by atoms with van der Waals surface area (Å²) in [7, 11) is 0. The molecule has 0 amide bonds. The molecule has 5 fully saturated rings. The normalized spacial score (nSPS) is 29.2. The maximum atomic E-state index is 16.9. The van der Waals surface area contributed by atoms with Crippen molar-refractivity contribution in [1.29, 1.82) is 0 Å². The first-order valence-electron chi connectivity index (χ1n) is 16.7. The van der Waals surface area contributed by atoms with Crippen molar-refractivity contribution in [2.24, 2.45) is 0 Å². The van der Waals surface area contributed by atoms with E-state index in [2.05, 4.69) is 26.2 Å². The minimum atomic E-state index is -2.67. The summed E-state index contributed by atoms with van der Waals surface area (Å²) in [5, 5.41) is 14.8. The van der Waals surface area contributed by atoms with Gasteiger partial charge in [0.1, 0.15) is 41.3 Å². The molecule has 5 aliphatic heterocycles. The van der Waals surface area contributed by atoms with Crippen LogP contribution in [-0.4, -0.2) is 81.4 Å². The second kappa shape index (κ2) is 10.2. The topological polar surface area (TPSA) is 86.6 Å². The van der Waals surface area contributed by atoms with E-state index in [1.807, 2.05) is 4.90 Å². The number of alkyl halides is 1. The van der Waals surface area contributed by atoms with Crippen LogP contribution < -0.4 is 15.0 Å². The average molecular weight is 605 g/mol. The maximum absolute atomic E-state index is 16.9. The first-order valence-corrected chi connectivity index (χ1v) is 14.7. The largest absolute Gasteiger partial charge is 0.508 e. The number of phenols is 1. The Kier molecular flexibility index (Phi) is 5.40. The lowest BCUT2D eigenvalue weighted by Gasteiger charge is -2.46. The third-order valence-corrected chi connectivity index (χ3v) is 9.35. The SMILES string of the molecule is [2H]C1([2H])CC[C@]2(C([2H])([2H])Oc3nc(N4CC5CCC4CN5)c4cnc(-c5cc(O)cc6ccc(F)c(C#C)c56)c(F)c4n3)C[C@H](F)CN12. The van der Waals surface area contributed by atoms with Gasteiger partial charge in [-0.05, 0) is 55.8 Å². The van der Waals surface area contributed by atoms with E-state index < -0.39 is 42.4 Å². The molecule has 0 radical (unpaired) electrons. The van der Waals surface area contributed by atoms with E-state index in [4.69, 9.17) is 16.6 Å². The number of hydrogen-bond acceptors (Lipinski definition) is 8. The van der Waals surface area contributed by atoms with Crippen LogP contribution in [0.5, 0.6) is 11.8 Å². The number of pyridine rings is 1. The van der Waals surface area contributed by atoms with Crippen LogP contribution in [0.1, 0.15) is 43.2 Å². The first kappa shape index (κ1) is 23.3. The van der Waals surface area contributed by atoms with Crippen molar-refractivity contribution in [3.8, 4) is 35.4 Å². The highest BCUT2D eigenvalue weighted by molar-refractivity contribution is 6.03. The Bertz CT molecular complexity index is 2040. The number of piperidine rings is 2. The molecule has 2 aromatic heterocycles. The average Bonchev–Trinajstić information content (AvgIpc) is 3.55. The molecule has 8 nitrogen and oxygen atoms in total. The highest BCUT2D eigenvalue weighted by atomic mass is 19.1. The van der Waals surface area contributed by atoms with Crippen molar-refractivity contribution in [3.63, 3.8) is 0 Å². The Morgan fingerprint density at radius 2 is 2.14 bits per heavy atom. The van der Waals surface area contributed by atoms with Gasteiger partial charge in [-0.3, -0.25) is 9.88 Å². The molecule has 5 aliphatic rings. The molecule has 2 N–H and O–H groups in total. The molecule has 0 saturated carbocycles. The molecule has 4 atom stereocenters. The van der Waals surface area contributed by atoms with Crippen LogP contribution in [0.25, 0.3) is 32.9 Å². The summed E-state index contributed by atoms with van der Waals surface area (Å²) in [6, 6.07) is 4.84. The number of ether oxygens (including phenoxy) is 1. The number of nitrogens with zero attached hydrogens (tertiary/aromatic N) is 5. The van der Waals surface area contributed by atoms with Crippen LogP contribution in [0.15, 0.2) is 30.5 Å². The predicted molar refractivity (Wildman–Crippen MR) is 160 cm³/mol. The molecule has 9 rings (SSSR count). The third-order valence-electron chi connectivity index (χ3n) is 9.35. The van der Waals surface area contributed by atoms with E-state index in [1.54, 1.807) is 0 Å². The second-order valence-corrected chi connectivity index (χ2v) is 12.0. The monoisotopic (exact) mass is 604 g/mol. The molecule has 2 aromatic carbocycles. The lowest BCUT2D eigenvalue weighted by molar-refractivity contribution is 0.107. The summed E-state index contributed by atoms with van der Waals surface area (Å²) in [4.78, 5) is 16.6. The number of terminal acetylenes is 1. The zero-order valence-corrected chi connectivity index (χ0v) is 23.6.